The van der Waals surface area contributed by atoms with Crippen molar-refractivity contribution in [3.05, 3.63) is 75.8 Å². The molecule has 2 N–H and O–H groups in total. The van der Waals surface area contributed by atoms with Gasteiger partial charge in [-0.2, -0.15) is 0 Å². The van der Waals surface area contributed by atoms with Crippen molar-refractivity contribution >= 4 is 17.4 Å². The van der Waals surface area contributed by atoms with E-state index in [1.165, 1.54) is 30.4 Å². The summed E-state index contributed by atoms with van der Waals surface area (Å²) < 4.78 is 5.07. The maximum Gasteiger partial charge on any atom is 0.174 e. The first kappa shape index (κ1) is 23.0. The molecule has 2 atom stereocenters. The third-order valence-corrected chi connectivity index (χ3v) is 6.09. The first-order valence-corrected chi connectivity index (χ1v) is 10.9. The van der Waals surface area contributed by atoms with Crippen LogP contribution in [0.3, 0.4) is 0 Å². The Morgan fingerprint density at radius 3 is 2.39 bits per heavy atom. The van der Waals surface area contributed by atoms with Crippen LogP contribution in [-0.4, -0.2) is 23.1 Å². The first-order valence-electron chi connectivity index (χ1n) is 10.5. The summed E-state index contributed by atoms with van der Waals surface area (Å²) in [5.74, 6) is -0.955. The van der Waals surface area contributed by atoms with Gasteiger partial charge in [-0.1, -0.05) is 47.0 Å². The van der Waals surface area contributed by atoms with Crippen LogP contribution in [0.5, 0.6) is 17.2 Å². The average Bonchev–Trinajstić information content (AvgIpc) is 2.73. The number of methoxy groups -OCH3 is 1. The number of benzene rings is 2. The molecule has 0 saturated heterocycles. The number of ketones is 1. The Morgan fingerprint density at radius 2 is 1.81 bits per heavy atom. The van der Waals surface area contributed by atoms with E-state index in [0.717, 1.165) is 24.8 Å². The fourth-order valence-electron chi connectivity index (χ4n) is 4.21. The molecule has 0 spiro atoms. The smallest absolute Gasteiger partial charge is 0.174 e. The Bertz CT molecular complexity index is 978. The average molecular weight is 441 g/mol. The van der Waals surface area contributed by atoms with Gasteiger partial charge in [0.05, 0.1) is 7.11 Å². The van der Waals surface area contributed by atoms with Crippen LogP contribution in [-0.2, 0) is 0 Å². The highest BCUT2D eigenvalue weighted by molar-refractivity contribution is 6.30. The van der Waals surface area contributed by atoms with Gasteiger partial charge in [0.25, 0.3) is 0 Å². The molecule has 5 heteroatoms. The SMILES string of the molecule is COc1cc(O)c(C(=O)[C@H]2CC=C(CCC=C(C)C)C[C@@H]2c2ccc(Cl)cc2)c(O)c1. The van der Waals surface area contributed by atoms with Crippen molar-refractivity contribution < 1.29 is 19.7 Å². The van der Waals surface area contributed by atoms with Gasteiger partial charge in [0.2, 0.25) is 0 Å². The van der Waals surface area contributed by atoms with Crippen LogP contribution in [0.15, 0.2) is 59.7 Å². The summed E-state index contributed by atoms with van der Waals surface area (Å²) in [6, 6.07) is 10.3. The molecule has 0 heterocycles. The third-order valence-electron chi connectivity index (χ3n) is 5.83. The molecular formula is C26H29ClO4. The lowest BCUT2D eigenvalue weighted by Crippen LogP contribution is -2.26. The second kappa shape index (κ2) is 10.1. The normalized spacial score (nSPS) is 18.3. The van der Waals surface area contributed by atoms with Crippen molar-refractivity contribution in [3.63, 3.8) is 0 Å². The lowest BCUT2D eigenvalue weighted by atomic mass is 9.72. The molecule has 0 amide bonds. The lowest BCUT2D eigenvalue weighted by Gasteiger charge is -2.31. The molecule has 0 unspecified atom stereocenters. The fraction of sp³-hybridized carbons (Fsp3) is 0.346. The number of carbonyl (C=O) groups excluding carboxylic acids is 1. The van der Waals surface area contributed by atoms with Gasteiger partial charge in [0.1, 0.15) is 22.8 Å². The Balaban J connectivity index is 1.94. The van der Waals surface area contributed by atoms with Crippen LogP contribution < -0.4 is 4.74 Å². The van der Waals surface area contributed by atoms with E-state index < -0.39 is 5.92 Å². The third kappa shape index (κ3) is 5.50. The maximum atomic E-state index is 13.5. The van der Waals surface area contributed by atoms with Crippen molar-refractivity contribution in [1.82, 2.24) is 0 Å². The zero-order valence-corrected chi connectivity index (χ0v) is 18.9. The van der Waals surface area contributed by atoms with Crippen LogP contribution in [0.4, 0.5) is 0 Å². The number of halogens is 1. The van der Waals surface area contributed by atoms with E-state index in [1.54, 1.807) is 0 Å². The number of Topliss-reactive ketones (excluding diaryl/α,β-unsaturated/α-hetero) is 1. The van der Waals surface area contributed by atoms with Gasteiger partial charge in [-0.15, -0.1) is 0 Å². The number of hydrogen-bond acceptors (Lipinski definition) is 4. The number of aromatic hydroxyl groups is 2. The molecule has 2 aromatic carbocycles. The summed E-state index contributed by atoms with van der Waals surface area (Å²) in [6.45, 7) is 4.18. The van der Waals surface area contributed by atoms with E-state index in [0.29, 0.717) is 17.2 Å². The molecule has 0 saturated carbocycles. The molecule has 3 rings (SSSR count). The molecule has 0 aromatic heterocycles. The zero-order valence-electron chi connectivity index (χ0n) is 18.2. The summed E-state index contributed by atoms with van der Waals surface area (Å²) in [5, 5.41) is 21.5. The van der Waals surface area contributed by atoms with Crippen LogP contribution in [0.1, 0.15) is 61.4 Å². The van der Waals surface area contributed by atoms with E-state index in [9.17, 15) is 15.0 Å². The molecule has 31 heavy (non-hydrogen) atoms. The molecule has 0 radical (unpaired) electrons. The van der Waals surface area contributed by atoms with Crippen LogP contribution in [0.25, 0.3) is 0 Å². The molecule has 0 aliphatic heterocycles. The molecule has 1 aliphatic carbocycles. The fourth-order valence-corrected chi connectivity index (χ4v) is 4.33. The Labute approximate surface area is 188 Å². The highest BCUT2D eigenvalue weighted by Crippen LogP contribution is 2.44. The van der Waals surface area contributed by atoms with Crippen LogP contribution >= 0.6 is 11.6 Å². The number of allylic oxidation sites excluding steroid dienone is 4. The summed E-state index contributed by atoms with van der Waals surface area (Å²) in [6.07, 6.45) is 7.61. The highest BCUT2D eigenvalue weighted by atomic mass is 35.5. The number of hydrogen-bond donors (Lipinski definition) is 2. The zero-order chi connectivity index (χ0) is 22.5. The van der Waals surface area contributed by atoms with Gasteiger partial charge in [-0.25, -0.2) is 0 Å². The minimum Gasteiger partial charge on any atom is -0.507 e. The quantitative estimate of drug-likeness (QED) is 0.366. The first-order chi connectivity index (χ1) is 14.8. The molecule has 1 aliphatic rings. The van der Waals surface area contributed by atoms with Gasteiger partial charge >= 0.3 is 0 Å². The largest absolute Gasteiger partial charge is 0.507 e. The molecule has 2 aromatic rings. The predicted octanol–water partition coefficient (Wildman–Crippen LogP) is 6.81. The number of phenolic OH excluding ortho intramolecular Hbond substituents is 2. The standard InChI is InChI=1S/C26H29ClO4/c1-16(2)5-4-6-17-7-12-21(22(13-17)18-8-10-19(27)11-9-18)26(30)25-23(28)14-20(31-3)15-24(25)29/h5,7-11,14-15,21-22,28-29H,4,6,12-13H2,1-3H3/t21-,22+/m0/s1. The highest BCUT2D eigenvalue weighted by Gasteiger charge is 2.35. The summed E-state index contributed by atoms with van der Waals surface area (Å²) in [4.78, 5) is 13.5. The van der Waals surface area contributed by atoms with Gasteiger partial charge in [-0.3, -0.25) is 4.79 Å². The number of rotatable bonds is 7. The number of phenols is 2. The molecule has 164 valence electrons. The second-order valence-corrected chi connectivity index (χ2v) is 8.73. The maximum absolute atomic E-state index is 13.5. The van der Waals surface area contributed by atoms with E-state index in [2.05, 4.69) is 26.0 Å². The molecule has 0 fully saturated rings. The Morgan fingerprint density at radius 1 is 1.16 bits per heavy atom. The summed E-state index contributed by atoms with van der Waals surface area (Å²) >= 11 is 6.08. The number of ether oxygens (including phenoxy) is 1. The minimum atomic E-state index is -0.390. The molecule has 0 bridgehead atoms. The Kier molecular flexibility index (Phi) is 7.45. The van der Waals surface area contributed by atoms with Gasteiger partial charge in [-0.05, 0) is 63.1 Å². The van der Waals surface area contributed by atoms with Crippen molar-refractivity contribution in [2.45, 2.75) is 45.4 Å². The van der Waals surface area contributed by atoms with Crippen molar-refractivity contribution in [1.29, 1.82) is 0 Å². The van der Waals surface area contributed by atoms with E-state index >= 15 is 0 Å². The van der Waals surface area contributed by atoms with Crippen LogP contribution in [0, 0.1) is 5.92 Å². The van der Waals surface area contributed by atoms with E-state index in [1.807, 2.05) is 24.3 Å². The van der Waals surface area contributed by atoms with E-state index in [4.69, 9.17) is 16.3 Å². The minimum absolute atomic E-state index is 0.0499. The van der Waals surface area contributed by atoms with Gasteiger partial charge in [0, 0.05) is 23.1 Å². The summed E-state index contributed by atoms with van der Waals surface area (Å²) in [7, 11) is 1.44. The molecule has 4 nitrogen and oxygen atoms in total. The van der Waals surface area contributed by atoms with E-state index in [-0.39, 0.29) is 28.8 Å². The lowest BCUT2D eigenvalue weighted by molar-refractivity contribution is 0.0889. The van der Waals surface area contributed by atoms with Crippen LogP contribution in [0.2, 0.25) is 5.02 Å². The van der Waals surface area contributed by atoms with Gasteiger partial charge < -0.3 is 14.9 Å². The van der Waals surface area contributed by atoms with Crippen molar-refractivity contribution in [3.8, 4) is 17.2 Å². The monoisotopic (exact) mass is 440 g/mol. The van der Waals surface area contributed by atoms with Crippen molar-refractivity contribution in [2.75, 3.05) is 7.11 Å². The second-order valence-electron chi connectivity index (χ2n) is 8.29. The van der Waals surface area contributed by atoms with Crippen molar-refractivity contribution in [2.24, 2.45) is 5.92 Å². The number of carbonyl (C=O) groups is 1. The Hall–Kier alpha value is -2.72. The van der Waals surface area contributed by atoms with Gasteiger partial charge in [0.15, 0.2) is 5.78 Å². The molecular weight excluding hydrogens is 412 g/mol. The summed E-state index contributed by atoms with van der Waals surface area (Å²) in [5.41, 5.74) is 3.60. The topological polar surface area (TPSA) is 66.8 Å². The predicted molar refractivity (Wildman–Crippen MR) is 124 cm³/mol.